The van der Waals surface area contributed by atoms with E-state index in [0.29, 0.717) is 62.0 Å². The smallest absolute Gasteiger partial charge is 0.384 e. The number of nitrogen functional groups attached to an aromatic ring is 1. The van der Waals surface area contributed by atoms with E-state index in [-0.39, 0.29) is 23.1 Å². The van der Waals surface area contributed by atoms with E-state index < -0.39 is 11.7 Å². The van der Waals surface area contributed by atoms with Crippen molar-refractivity contribution in [2.45, 2.75) is 13.1 Å². The number of carbonyl (C=O) groups is 1. The first-order valence-electron chi connectivity index (χ1n) is 11.1. The maximum atomic E-state index is 13.8. The quantitative estimate of drug-likeness (QED) is 0.536. The first kappa shape index (κ1) is 24.7. The van der Waals surface area contributed by atoms with E-state index in [4.69, 9.17) is 10.5 Å². The lowest BCUT2D eigenvalue weighted by atomic mass is 10.1. The van der Waals surface area contributed by atoms with Gasteiger partial charge in [0.05, 0.1) is 35.6 Å². The first-order valence-corrected chi connectivity index (χ1v) is 11.1. The van der Waals surface area contributed by atoms with Gasteiger partial charge in [-0.15, -0.1) is 5.10 Å². The molecule has 0 radical (unpaired) electrons. The maximum Gasteiger partial charge on any atom is 0.417 e. The first-order chi connectivity index (χ1) is 16.6. The molecule has 3 N–H and O–H groups in total. The summed E-state index contributed by atoms with van der Waals surface area (Å²) in [4.78, 5) is 25.1. The lowest BCUT2D eigenvalue weighted by molar-refractivity contribution is -0.137. The standard InChI is InChI=1S/C22H27F3N8O2/c1-13-14(21(34)27-4-5-31(2)3)10-17-20(32-6-8-35-9-7-32)29-19(30-33(13)17)15-12-28-18(26)11-16(15)22(23,24)25/h10-12H,4-9H2,1-3H3,(H2,26,28)(H,27,34). The summed E-state index contributed by atoms with van der Waals surface area (Å²) in [6.07, 6.45) is -3.66. The van der Waals surface area contributed by atoms with Crippen LogP contribution in [0.5, 0.6) is 0 Å². The molecule has 0 aromatic carbocycles. The highest BCUT2D eigenvalue weighted by Crippen LogP contribution is 2.37. The van der Waals surface area contributed by atoms with Crippen LogP contribution in [0, 0.1) is 6.92 Å². The van der Waals surface area contributed by atoms with Crippen molar-refractivity contribution in [3.8, 4) is 11.4 Å². The SMILES string of the molecule is Cc1c(C(=O)NCCN(C)C)cc2c(N3CCOCC3)nc(-c3cnc(N)cc3C(F)(F)F)nn12. The van der Waals surface area contributed by atoms with E-state index in [0.717, 1.165) is 12.3 Å². The Balaban J connectivity index is 1.87. The van der Waals surface area contributed by atoms with Crippen molar-refractivity contribution >= 4 is 23.1 Å². The minimum absolute atomic E-state index is 0.169. The minimum Gasteiger partial charge on any atom is -0.384 e. The molecule has 10 nitrogen and oxygen atoms in total. The van der Waals surface area contributed by atoms with E-state index in [2.05, 4.69) is 20.4 Å². The Labute approximate surface area is 199 Å². The molecule has 0 bridgehead atoms. The Morgan fingerprint density at radius 1 is 1.26 bits per heavy atom. The topological polar surface area (TPSA) is 114 Å². The number of aryl methyl sites for hydroxylation is 1. The molecule has 13 heteroatoms. The highest BCUT2D eigenvalue weighted by Gasteiger charge is 2.36. The molecule has 0 saturated carbocycles. The fraction of sp³-hybridized carbons (Fsp3) is 0.455. The fourth-order valence-corrected chi connectivity index (χ4v) is 3.88. The van der Waals surface area contributed by atoms with Crippen molar-refractivity contribution < 1.29 is 22.7 Å². The molecule has 35 heavy (non-hydrogen) atoms. The van der Waals surface area contributed by atoms with Gasteiger partial charge in [0, 0.05) is 32.4 Å². The minimum atomic E-state index is -4.69. The molecule has 0 spiro atoms. The van der Waals surface area contributed by atoms with Gasteiger partial charge in [-0.2, -0.15) is 13.2 Å². The molecule has 4 heterocycles. The van der Waals surface area contributed by atoms with E-state index in [1.54, 1.807) is 13.0 Å². The van der Waals surface area contributed by atoms with Gasteiger partial charge < -0.3 is 25.6 Å². The third-order valence-electron chi connectivity index (χ3n) is 5.72. The second-order valence-corrected chi connectivity index (χ2v) is 8.51. The summed E-state index contributed by atoms with van der Waals surface area (Å²) >= 11 is 0. The van der Waals surface area contributed by atoms with Crippen LogP contribution in [0.2, 0.25) is 0 Å². The molecule has 0 atom stereocenters. The Hall–Kier alpha value is -3.45. The predicted octanol–water partition coefficient (Wildman–Crippen LogP) is 1.83. The number of amides is 1. The van der Waals surface area contributed by atoms with E-state index in [1.807, 2.05) is 23.9 Å². The lowest BCUT2D eigenvalue weighted by Gasteiger charge is -2.28. The van der Waals surface area contributed by atoms with Crippen molar-refractivity contribution in [1.82, 2.24) is 29.8 Å². The van der Waals surface area contributed by atoms with Crippen molar-refractivity contribution in [3.63, 3.8) is 0 Å². The van der Waals surface area contributed by atoms with Gasteiger partial charge in [-0.1, -0.05) is 0 Å². The van der Waals surface area contributed by atoms with Crippen LogP contribution < -0.4 is 16.0 Å². The number of nitrogens with one attached hydrogen (secondary N) is 1. The number of alkyl halides is 3. The van der Waals surface area contributed by atoms with Crippen LogP contribution in [0.25, 0.3) is 16.9 Å². The van der Waals surface area contributed by atoms with Crippen molar-refractivity contribution in [3.05, 3.63) is 35.2 Å². The van der Waals surface area contributed by atoms with E-state index in [1.165, 1.54) is 4.52 Å². The number of morpholine rings is 1. The van der Waals surface area contributed by atoms with Gasteiger partial charge in [-0.05, 0) is 33.2 Å². The average Bonchev–Trinajstić information content (AvgIpc) is 3.14. The molecule has 1 amide bonds. The summed E-state index contributed by atoms with van der Waals surface area (Å²) in [6.45, 7) is 4.67. The van der Waals surface area contributed by atoms with Crippen LogP contribution >= 0.6 is 0 Å². The molecule has 1 aliphatic rings. The Morgan fingerprint density at radius 2 is 1.97 bits per heavy atom. The Kier molecular flexibility index (Phi) is 6.81. The lowest BCUT2D eigenvalue weighted by Crippen LogP contribution is -2.37. The third-order valence-corrected chi connectivity index (χ3v) is 5.72. The average molecular weight is 493 g/mol. The number of anilines is 2. The summed E-state index contributed by atoms with van der Waals surface area (Å²) in [6, 6.07) is 2.43. The summed E-state index contributed by atoms with van der Waals surface area (Å²) in [7, 11) is 3.80. The number of fused-ring (bicyclic) bond motifs is 1. The number of carbonyl (C=O) groups excluding carboxylic acids is 1. The Morgan fingerprint density at radius 3 is 2.63 bits per heavy atom. The van der Waals surface area contributed by atoms with Gasteiger partial charge in [0.25, 0.3) is 5.91 Å². The van der Waals surface area contributed by atoms with E-state index >= 15 is 0 Å². The summed E-state index contributed by atoms with van der Waals surface area (Å²) in [5.41, 5.74) is 5.62. The van der Waals surface area contributed by atoms with Gasteiger partial charge >= 0.3 is 6.18 Å². The monoisotopic (exact) mass is 492 g/mol. The van der Waals surface area contributed by atoms with Gasteiger partial charge in [0.15, 0.2) is 11.6 Å². The molecule has 1 fully saturated rings. The van der Waals surface area contributed by atoms with Crippen molar-refractivity contribution in [1.29, 1.82) is 0 Å². The number of halogens is 3. The van der Waals surface area contributed by atoms with Crippen LogP contribution in [0.1, 0.15) is 21.6 Å². The summed E-state index contributed by atoms with van der Waals surface area (Å²) in [5, 5.41) is 7.26. The highest BCUT2D eigenvalue weighted by molar-refractivity contribution is 5.98. The third kappa shape index (κ3) is 5.15. The molecule has 0 aliphatic carbocycles. The molecule has 3 aromatic heterocycles. The summed E-state index contributed by atoms with van der Waals surface area (Å²) in [5.74, 6) is -0.311. The van der Waals surface area contributed by atoms with E-state index in [9.17, 15) is 18.0 Å². The maximum absolute atomic E-state index is 13.8. The summed E-state index contributed by atoms with van der Waals surface area (Å²) < 4.78 is 48.3. The van der Waals surface area contributed by atoms with Crippen LogP contribution in [0.15, 0.2) is 18.3 Å². The zero-order valence-corrected chi connectivity index (χ0v) is 19.7. The number of ether oxygens (including phenoxy) is 1. The molecule has 3 aromatic rings. The zero-order chi connectivity index (χ0) is 25.3. The normalized spacial score (nSPS) is 14.7. The molecular formula is C22H27F3N8O2. The molecule has 1 aliphatic heterocycles. The van der Waals surface area contributed by atoms with Crippen LogP contribution in [0.3, 0.4) is 0 Å². The largest absolute Gasteiger partial charge is 0.417 e. The van der Waals surface area contributed by atoms with Crippen LogP contribution in [-0.4, -0.2) is 83.9 Å². The number of likely N-dealkylation sites (N-methyl/N-ethyl adjacent to an activating group) is 1. The second-order valence-electron chi connectivity index (χ2n) is 8.51. The predicted molar refractivity (Wildman–Crippen MR) is 124 cm³/mol. The highest BCUT2D eigenvalue weighted by atomic mass is 19.4. The molecule has 188 valence electrons. The number of aromatic nitrogens is 4. The number of nitrogens with zero attached hydrogens (tertiary/aromatic N) is 6. The van der Waals surface area contributed by atoms with Gasteiger partial charge in [0.1, 0.15) is 11.3 Å². The molecule has 0 unspecified atom stereocenters. The van der Waals surface area contributed by atoms with Crippen molar-refractivity contribution in [2.24, 2.45) is 0 Å². The van der Waals surface area contributed by atoms with Gasteiger partial charge in [-0.3, -0.25) is 4.79 Å². The fourth-order valence-electron chi connectivity index (χ4n) is 3.88. The van der Waals surface area contributed by atoms with Gasteiger partial charge in [0.2, 0.25) is 0 Å². The van der Waals surface area contributed by atoms with Crippen LogP contribution in [-0.2, 0) is 10.9 Å². The molecular weight excluding hydrogens is 465 g/mol. The van der Waals surface area contributed by atoms with Crippen molar-refractivity contribution in [2.75, 3.05) is 64.1 Å². The van der Waals surface area contributed by atoms with Gasteiger partial charge in [-0.25, -0.2) is 14.5 Å². The molecule has 1 saturated heterocycles. The number of hydrogen-bond donors (Lipinski definition) is 2. The van der Waals surface area contributed by atoms with Crippen LogP contribution in [0.4, 0.5) is 24.8 Å². The zero-order valence-electron chi connectivity index (χ0n) is 19.7. The number of nitrogens with two attached hydrogens (primary N) is 1. The number of hydrogen-bond acceptors (Lipinski definition) is 8. The molecule has 4 rings (SSSR count). The second kappa shape index (κ2) is 9.66. The number of rotatable bonds is 6. The number of pyridine rings is 1. The Bertz CT molecular complexity index is 1240.